The van der Waals surface area contributed by atoms with Crippen LogP contribution >= 0.6 is 0 Å². The number of ether oxygens (including phenoxy) is 1. The average molecular weight is 396 g/mol. The molecule has 6 nitrogen and oxygen atoms in total. The van der Waals surface area contributed by atoms with Gasteiger partial charge in [-0.1, -0.05) is 26.8 Å². The van der Waals surface area contributed by atoms with Gasteiger partial charge in [0.2, 0.25) is 0 Å². The number of rotatable bonds is 10. The number of nitriles is 1. The highest BCUT2D eigenvalue weighted by molar-refractivity contribution is 5.85. The molecule has 0 aliphatic rings. The Balaban J connectivity index is 2.51. The average Bonchev–Trinajstić information content (AvgIpc) is 2.71. The molecule has 2 aromatic carbocycles. The molecule has 1 atom stereocenters. The number of nitrogens with one attached hydrogen (secondary N) is 2. The van der Waals surface area contributed by atoms with Gasteiger partial charge in [-0.25, -0.2) is 4.79 Å². The first kappa shape index (κ1) is 22.3. The first-order chi connectivity index (χ1) is 13.8. The van der Waals surface area contributed by atoms with Crippen LogP contribution in [0.5, 0.6) is 5.75 Å². The van der Waals surface area contributed by atoms with E-state index in [0.717, 1.165) is 5.56 Å². The topological polar surface area (TPSA) is 94.4 Å². The predicted molar refractivity (Wildman–Crippen MR) is 114 cm³/mol. The molecule has 0 amide bonds. The molecule has 0 aliphatic heterocycles. The number of hydrogen-bond acceptors (Lipinski definition) is 5. The molecule has 2 aromatic rings. The number of anilines is 1. The standard InChI is InChI=1S/C23H29N3O3/c1-5-23(22(27)28,26-20-9-7-17(14-24)8-10-20)19-11-18(15-25-16(3)4)12-21(13-19)29-6-2/h7-13,16,25-26H,5-6,15H2,1-4H3,(H,27,28). The van der Waals surface area contributed by atoms with Crippen molar-refractivity contribution in [2.45, 2.75) is 52.2 Å². The summed E-state index contributed by atoms with van der Waals surface area (Å²) in [4.78, 5) is 12.5. The highest BCUT2D eigenvalue weighted by Crippen LogP contribution is 2.34. The van der Waals surface area contributed by atoms with Crippen molar-refractivity contribution < 1.29 is 14.6 Å². The summed E-state index contributed by atoms with van der Waals surface area (Å²) in [5, 5.41) is 25.7. The molecule has 0 saturated heterocycles. The van der Waals surface area contributed by atoms with Crippen molar-refractivity contribution >= 4 is 11.7 Å². The summed E-state index contributed by atoms with van der Waals surface area (Å²) in [5.41, 5.74) is 1.42. The summed E-state index contributed by atoms with van der Waals surface area (Å²) in [7, 11) is 0. The molecule has 6 heteroatoms. The Hall–Kier alpha value is -3.04. The Morgan fingerprint density at radius 3 is 2.41 bits per heavy atom. The zero-order chi connectivity index (χ0) is 21.4. The fraction of sp³-hybridized carbons (Fsp3) is 0.391. The molecule has 0 aliphatic carbocycles. The van der Waals surface area contributed by atoms with Gasteiger partial charge in [-0.15, -0.1) is 0 Å². The fourth-order valence-electron chi connectivity index (χ4n) is 3.15. The molecule has 3 N–H and O–H groups in total. The lowest BCUT2D eigenvalue weighted by molar-refractivity contribution is -0.142. The monoisotopic (exact) mass is 395 g/mol. The van der Waals surface area contributed by atoms with Gasteiger partial charge in [-0.2, -0.15) is 5.26 Å². The van der Waals surface area contributed by atoms with E-state index in [1.807, 2.05) is 26.0 Å². The summed E-state index contributed by atoms with van der Waals surface area (Å²) in [5.74, 6) is -0.327. The second-order valence-electron chi connectivity index (χ2n) is 7.21. The van der Waals surface area contributed by atoms with E-state index in [1.165, 1.54) is 0 Å². The fourth-order valence-corrected chi connectivity index (χ4v) is 3.15. The Labute approximate surface area is 172 Å². The molecule has 154 valence electrons. The third-order valence-corrected chi connectivity index (χ3v) is 4.75. The van der Waals surface area contributed by atoms with Crippen LogP contribution in [-0.4, -0.2) is 23.7 Å². The van der Waals surface area contributed by atoms with E-state index < -0.39 is 11.5 Å². The molecule has 2 rings (SSSR count). The van der Waals surface area contributed by atoms with Crippen molar-refractivity contribution in [1.29, 1.82) is 5.26 Å². The summed E-state index contributed by atoms with van der Waals surface area (Å²) in [6.45, 7) is 8.97. The Kier molecular flexibility index (Phi) is 7.63. The third kappa shape index (κ3) is 5.49. The normalized spacial score (nSPS) is 12.8. The van der Waals surface area contributed by atoms with E-state index in [9.17, 15) is 9.90 Å². The summed E-state index contributed by atoms with van der Waals surface area (Å²) < 4.78 is 5.71. The molecule has 0 saturated carbocycles. The number of carbonyl (C=O) groups is 1. The van der Waals surface area contributed by atoms with Gasteiger partial charge in [0, 0.05) is 18.3 Å². The van der Waals surface area contributed by atoms with E-state index in [1.54, 1.807) is 30.3 Å². The number of nitrogens with zero attached hydrogens (tertiary/aromatic N) is 1. The SMILES string of the molecule is CCOc1cc(CNC(C)C)cc(C(CC)(Nc2ccc(C#N)cc2)C(=O)O)c1. The zero-order valence-electron chi connectivity index (χ0n) is 17.5. The van der Waals surface area contributed by atoms with Gasteiger partial charge in [0.1, 0.15) is 5.75 Å². The minimum atomic E-state index is -1.33. The maximum Gasteiger partial charge on any atom is 0.334 e. The predicted octanol–water partition coefficient (Wildman–Crippen LogP) is 4.26. The minimum absolute atomic E-state index is 0.307. The van der Waals surface area contributed by atoms with Gasteiger partial charge in [-0.05, 0) is 60.9 Å². The van der Waals surface area contributed by atoms with Crippen LogP contribution in [0.15, 0.2) is 42.5 Å². The molecule has 0 heterocycles. The largest absolute Gasteiger partial charge is 0.494 e. The van der Waals surface area contributed by atoms with Crippen LogP contribution in [0.3, 0.4) is 0 Å². The van der Waals surface area contributed by atoms with Gasteiger partial charge in [0.25, 0.3) is 0 Å². The molecule has 29 heavy (non-hydrogen) atoms. The van der Waals surface area contributed by atoms with Crippen LogP contribution < -0.4 is 15.4 Å². The van der Waals surface area contributed by atoms with Crippen LogP contribution in [0, 0.1) is 11.3 Å². The van der Waals surface area contributed by atoms with E-state index in [0.29, 0.717) is 48.2 Å². The minimum Gasteiger partial charge on any atom is -0.494 e. The first-order valence-electron chi connectivity index (χ1n) is 9.87. The quantitative estimate of drug-likeness (QED) is 0.556. The van der Waals surface area contributed by atoms with Gasteiger partial charge < -0.3 is 20.5 Å². The lowest BCUT2D eigenvalue weighted by Gasteiger charge is -2.32. The van der Waals surface area contributed by atoms with Gasteiger partial charge in [0.05, 0.1) is 18.2 Å². The molecular weight excluding hydrogens is 366 g/mol. The van der Waals surface area contributed by atoms with Crippen LogP contribution in [0.4, 0.5) is 5.69 Å². The third-order valence-electron chi connectivity index (χ3n) is 4.75. The van der Waals surface area contributed by atoms with Crippen LogP contribution in [0.2, 0.25) is 0 Å². The van der Waals surface area contributed by atoms with Crippen molar-refractivity contribution in [2.24, 2.45) is 0 Å². The Morgan fingerprint density at radius 1 is 1.21 bits per heavy atom. The molecule has 0 bridgehead atoms. The molecule has 1 unspecified atom stereocenters. The number of carboxylic acid groups (broad SMARTS) is 1. The highest BCUT2D eigenvalue weighted by atomic mass is 16.5. The van der Waals surface area contributed by atoms with Crippen molar-refractivity contribution in [2.75, 3.05) is 11.9 Å². The zero-order valence-corrected chi connectivity index (χ0v) is 17.5. The molecule has 0 spiro atoms. The lowest BCUT2D eigenvalue weighted by Crippen LogP contribution is -2.43. The maximum absolute atomic E-state index is 12.5. The molecule has 0 fully saturated rings. The van der Waals surface area contributed by atoms with Crippen molar-refractivity contribution in [1.82, 2.24) is 5.32 Å². The molecular formula is C23H29N3O3. The summed E-state index contributed by atoms with van der Waals surface area (Å²) in [6.07, 6.45) is 0.328. The van der Waals surface area contributed by atoms with Gasteiger partial charge >= 0.3 is 5.97 Å². The first-order valence-corrected chi connectivity index (χ1v) is 9.87. The van der Waals surface area contributed by atoms with E-state index >= 15 is 0 Å². The number of hydrogen-bond donors (Lipinski definition) is 3. The maximum atomic E-state index is 12.5. The summed E-state index contributed by atoms with van der Waals surface area (Å²) in [6, 6.07) is 14.8. The Morgan fingerprint density at radius 2 is 1.90 bits per heavy atom. The van der Waals surface area contributed by atoms with Crippen LogP contribution in [0.1, 0.15) is 50.8 Å². The molecule has 0 aromatic heterocycles. The van der Waals surface area contributed by atoms with Crippen LogP contribution in [-0.2, 0) is 16.9 Å². The number of carboxylic acids is 1. The van der Waals surface area contributed by atoms with Crippen LogP contribution in [0.25, 0.3) is 0 Å². The summed E-state index contributed by atoms with van der Waals surface area (Å²) >= 11 is 0. The van der Waals surface area contributed by atoms with E-state index in [-0.39, 0.29) is 0 Å². The highest BCUT2D eigenvalue weighted by Gasteiger charge is 2.39. The van der Waals surface area contributed by atoms with E-state index in [4.69, 9.17) is 10.00 Å². The van der Waals surface area contributed by atoms with E-state index in [2.05, 4.69) is 30.6 Å². The molecule has 0 radical (unpaired) electrons. The number of aliphatic carboxylic acids is 1. The van der Waals surface area contributed by atoms with Crippen molar-refractivity contribution in [3.63, 3.8) is 0 Å². The number of benzene rings is 2. The second-order valence-corrected chi connectivity index (χ2v) is 7.21. The smallest absolute Gasteiger partial charge is 0.334 e. The Bertz CT molecular complexity index is 872. The van der Waals surface area contributed by atoms with Gasteiger partial charge in [-0.3, -0.25) is 0 Å². The van der Waals surface area contributed by atoms with Gasteiger partial charge in [0.15, 0.2) is 5.54 Å². The van der Waals surface area contributed by atoms with Crippen molar-refractivity contribution in [3.8, 4) is 11.8 Å². The van der Waals surface area contributed by atoms with Crippen molar-refractivity contribution in [3.05, 3.63) is 59.2 Å². The second kappa shape index (κ2) is 9.94. The lowest BCUT2D eigenvalue weighted by atomic mass is 9.85.